The normalized spacial score (nSPS) is 10.9. The molecule has 0 atom stereocenters. The molecule has 0 fully saturated rings. The Kier molecular flexibility index (Phi) is 2.80. The van der Waals surface area contributed by atoms with Crippen LogP contribution >= 0.6 is 49.9 Å². The molecule has 2 rings (SSSR count). The molecule has 0 spiro atoms. The number of hydrogen-bond donors (Lipinski definition) is 1. The molecule has 2 aromatic rings. The van der Waals surface area contributed by atoms with Gasteiger partial charge in [0, 0.05) is 24.5 Å². The van der Waals surface area contributed by atoms with Crippen molar-refractivity contribution in [3.63, 3.8) is 0 Å². The predicted octanol–water partition coefficient (Wildman–Crippen LogP) is 4.11. The molecule has 1 heterocycles. The molecule has 1 aromatic carbocycles. The molecule has 0 amide bonds. The summed E-state index contributed by atoms with van der Waals surface area (Å²) in [7, 11) is 0. The molecular weight excluding hydrogens is 363 g/mol. The first-order chi connectivity index (χ1) is 6.24. The van der Waals surface area contributed by atoms with E-state index >= 15 is 0 Å². The van der Waals surface area contributed by atoms with E-state index < -0.39 is 0 Å². The summed E-state index contributed by atoms with van der Waals surface area (Å²) in [5.74, 6) is 0.382. The maximum Gasteiger partial charge on any atom is 0.121 e. The molecule has 0 aliphatic rings. The van der Waals surface area contributed by atoms with Crippen molar-refractivity contribution >= 4 is 59.9 Å². The molecule has 0 bridgehead atoms. The predicted molar refractivity (Wildman–Crippen MR) is 68.8 cm³/mol. The van der Waals surface area contributed by atoms with Gasteiger partial charge in [-0.1, -0.05) is 15.9 Å². The zero-order valence-electron chi connectivity index (χ0n) is 6.55. The number of thiophene rings is 1. The lowest BCUT2D eigenvalue weighted by Gasteiger charge is -2.03. The van der Waals surface area contributed by atoms with E-state index in [1.807, 2.05) is 6.07 Å². The number of alkyl halides is 1. The van der Waals surface area contributed by atoms with E-state index in [0.717, 1.165) is 14.5 Å². The third kappa shape index (κ3) is 1.59. The molecule has 0 aliphatic carbocycles. The Bertz CT molecular complexity index is 452. The van der Waals surface area contributed by atoms with E-state index in [4.69, 9.17) is 0 Å². The van der Waals surface area contributed by atoms with Gasteiger partial charge in [-0.25, -0.2) is 0 Å². The van der Waals surface area contributed by atoms with Gasteiger partial charge in [0.2, 0.25) is 0 Å². The van der Waals surface area contributed by atoms with Crippen molar-refractivity contribution in [3.05, 3.63) is 26.6 Å². The highest BCUT2D eigenvalue weighted by Gasteiger charge is 2.09. The number of aromatic hydroxyl groups is 1. The van der Waals surface area contributed by atoms with Crippen LogP contribution in [-0.4, -0.2) is 5.11 Å². The minimum absolute atomic E-state index is 0.382. The fourth-order valence-electron chi connectivity index (χ4n) is 1.28. The number of phenolic OH excluding ortho intramolecular Hbond substituents is 1. The quantitative estimate of drug-likeness (QED) is 0.593. The Hall–Kier alpha value is 0.190. The topological polar surface area (TPSA) is 20.2 Å². The van der Waals surface area contributed by atoms with E-state index in [2.05, 4.69) is 50.0 Å². The van der Waals surface area contributed by atoms with E-state index in [0.29, 0.717) is 11.1 Å². The third-order valence-electron chi connectivity index (χ3n) is 1.91. The third-order valence-corrected chi connectivity index (χ3v) is 4.64. The summed E-state index contributed by atoms with van der Waals surface area (Å²) < 4.78 is 2.37. The molecule has 0 saturated heterocycles. The molecule has 1 nitrogen and oxygen atoms in total. The van der Waals surface area contributed by atoms with Gasteiger partial charge in [0.15, 0.2) is 0 Å². The van der Waals surface area contributed by atoms with Crippen LogP contribution in [0.5, 0.6) is 5.75 Å². The smallest absolute Gasteiger partial charge is 0.121 e. The summed E-state index contributed by atoms with van der Waals surface area (Å²) in [6, 6.07) is 3.87. The van der Waals surface area contributed by atoms with Gasteiger partial charge in [-0.3, -0.25) is 0 Å². The van der Waals surface area contributed by atoms with Crippen LogP contribution in [0, 0.1) is 3.57 Å². The standard InChI is InChI=1S/C9H6BrIOS/c10-4-6-5-1-2-13-9(5)7(11)3-8(6)12/h1-3,12H,4H2. The fraction of sp³-hybridized carbons (Fsp3) is 0.111. The van der Waals surface area contributed by atoms with Gasteiger partial charge in [0.25, 0.3) is 0 Å². The Morgan fingerprint density at radius 3 is 3.00 bits per heavy atom. The Morgan fingerprint density at radius 2 is 2.31 bits per heavy atom. The van der Waals surface area contributed by atoms with Crippen LogP contribution in [-0.2, 0) is 5.33 Å². The first-order valence-electron chi connectivity index (χ1n) is 3.67. The van der Waals surface area contributed by atoms with Crippen LogP contribution in [0.1, 0.15) is 5.56 Å². The van der Waals surface area contributed by atoms with E-state index in [-0.39, 0.29) is 0 Å². The summed E-state index contributed by atoms with van der Waals surface area (Å²) in [6.45, 7) is 0. The van der Waals surface area contributed by atoms with Crippen LogP contribution in [0.15, 0.2) is 17.5 Å². The van der Waals surface area contributed by atoms with Gasteiger partial charge >= 0.3 is 0 Å². The molecule has 0 aliphatic heterocycles. The summed E-state index contributed by atoms with van der Waals surface area (Å²) >= 11 is 7.34. The molecule has 1 N–H and O–H groups in total. The second-order valence-corrected chi connectivity index (χ2v) is 5.29. The first kappa shape index (κ1) is 9.73. The molecule has 4 heteroatoms. The van der Waals surface area contributed by atoms with Crippen molar-refractivity contribution in [1.29, 1.82) is 0 Å². The summed E-state index contributed by atoms with van der Waals surface area (Å²) in [6.07, 6.45) is 0. The number of benzene rings is 1. The van der Waals surface area contributed by atoms with Gasteiger partial charge in [0.05, 0.1) is 0 Å². The lowest BCUT2D eigenvalue weighted by atomic mass is 10.1. The van der Waals surface area contributed by atoms with E-state index in [1.54, 1.807) is 11.3 Å². The molecule has 13 heavy (non-hydrogen) atoms. The number of fused-ring (bicyclic) bond motifs is 1. The van der Waals surface area contributed by atoms with Crippen molar-refractivity contribution in [2.75, 3.05) is 0 Å². The van der Waals surface area contributed by atoms with Crippen LogP contribution in [0.4, 0.5) is 0 Å². The number of hydrogen-bond acceptors (Lipinski definition) is 2. The number of phenols is 1. The maximum absolute atomic E-state index is 9.68. The average molecular weight is 369 g/mol. The van der Waals surface area contributed by atoms with Crippen LogP contribution in [0.25, 0.3) is 10.1 Å². The maximum atomic E-state index is 9.68. The molecule has 0 saturated carbocycles. The van der Waals surface area contributed by atoms with Crippen LogP contribution < -0.4 is 0 Å². The fourth-order valence-corrected chi connectivity index (χ4v) is 3.67. The van der Waals surface area contributed by atoms with Gasteiger partial charge < -0.3 is 5.11 Å². The highest BCUT2D eigenvalue weighted by Crippen LogP contribution is 2.35. The molecule has 0 unspecified atom stereocenters. The van der Waals surface area contributed by atoms with Gasteiger partial charge in [-0.05, 0) is 40.1 Å². The minimum atomic E-state index is 0.382. The lowest BCUT2D eigenvalue weighted by Crippen LogP contribution is -1.82. The van der Waals surface area contributed by atoms with Crippen molar-refractivity contribution in [2.45, 2.75) is 5.33 Å². The van der Waals surface area contributed by atoms with Crippen molar-refractivity contribution in [3.8, 4) is 5.75 Å². The van der Waals surface area contributed by atoms with E-state index in [1.165, 1.54) is 4.70 Å². The zero-order chi connectivity index (χ0) is 9.42. The van der Waals surface area contributed by atoms with Crippen molar-refractivity contribution < 1.29 is 5.11 Å². The second kappa shape index (κ2) is 3.74. The first-order valence-corrected chi connectivity index (χ1v) is 6.75. The molecule has 68 valence electrons. The highest BCUT2D eigenvalue weighted by molar-refractivity contribution is 14.1. The highest BCUT2D eigenvalue weighted by atomic mass is 127. The summed E-state index contributed by atoms with van der Waals surface area (Å²) in [5, 5.41) is 13.6. The van der Waals surface area contributed by atoms with Crippen LogP contribution in [0.2, 0.25) is 0 Å². The zero-order valence-corrected chi connectivity index (χ0v) is 11.1. The van der Waals surface area contributed by atoms with Gasteiger partial charge in [-0.15, -0.1) is 11.3 Å². The minimum Gasteiger partial charge on any atom is -0.508 e. The monoisotopic (exact) mass is 368 g/mol. The number of halogens is 2. The van der Waals surface area contributed by atoms with Gasteiger partial charge in [0.1, 0.15) is 5.75 Å². The van der Waals surface area contributed by atoms with Crippen molar-refractivity contribution in [2.24, 2.45) is 0 Å². The largest absolute Gasteiger partial charge is 0.508 e. The summed E-state index contributed by atoms with van der Waals surface area (Å²) in [4.78, 5) is 0. The lowest BCUT2D eigenvalue weighted by molar-refractivity contribution is 0.471. The Morgan fingerprint density at radius 1 is 1.54 bits per heavy atom. The second-order valence-electron chi connectivity index (χ2n) is 2.65. The van der Waals surface area contributed by atoms with Crippen molar-refractivity contribution in [1.82, 2.24) is 0 Å². The van der Waals surface area contributed by atoms with Gasteiger partial charge in [-0.2, -0.15) is 0 Å². The Labute approximate surface area is 102 Å². The Balaban J connectivity index is 2.88. The number of rotatable bonds is 1. The average Bonchev–Trinajstić information content (AvgIpc) is 2.53. The SMILES string of the molecule is Oc1cc(I)c2sccc2c1CBr. The molecule has 0 radical (unpaired) electrons. The molecule has 1 aromatic heterocycles. The van der Waals surface area contributed by atoms with E-state index in [9.17, 15) is 5.11 Å². The summed E-state index contributed by atoms with van der Waals surface area (Å²) in [5.41, 5.74) is 0.983. The molecular formula is C9H6BrIOS. The van der Waals surface area contributed by atoms with Crippen LogP contribution in [0.3, 0.4) is 0 Å².